The molecule has 2 N–H and O–H groups in total. The van der Waals surface area contributed by atoms with E-state index in [4.69, 9.17) is 48.1 Å². The Kier molecular flexibility index (Phi) is 21.9. The van der Waals surface area contributed by atoms with Crippen LogP contribution in [0.3, 0.4) is 0 Å². The lowest BCUT2D eigenvalue weighted by Gasteiger charge is -2.16. The van der Waals surface area contributed by atoms with Gasteiger partial charge >= 0.3 is 0 Å². The van der Waals surface area contributed by atoms with E-state index >= 15 is 0 Å². The molecule has 0 bridgehead atoms. The van der Waals surface area contributed by atoms with Crippen LogP contribution >= 0.6 is 0 Å². The first-order valence-electron chi connectivity index (χ1n) is 16.6. The maximum atomic E-state index is 8.64. The average molecular weight is 669 g/mol. The quantitative estimate of drug-likeness (QED) is 0.0985. The van der Waals surface area contributed by atoms with Gasteiger partial charge in [-0.05, 0) is 40.8 Å². The lowest BCUT2D eigenvalue weighted by Crippen LogP contribution is -2.16. The van der Waals surface area contributed by atoms with Crippen molar-refractivity contribution in [1.82, 2.24) is 0 Å². The third kappa shape index (κ3) is 19.0. The van der Waals surface area contributed by atoms with E-state index in [0.29, 0.717) is 92.5 Å². The number of hydrogen-bond donors (Lipinski definition) is 2. The van der Waals surface area contributed by atoms with Crippen molar-refractivity contribution in [3.8, 4) is 5.75 Å². The molecular formula is C38H52O10. The molecule has 264 valence electrons. The van der Waals surface area contributed by atoms with Crippen LogP contribution < -0.4 is 4.74 Å². The highest BCUT2D eigenvalue weighted by molar-refractivity contribution is 5.70. The molecule has 0 radical (unpaired) electrons. The average Bonchev–Trinajstić information content (AvgIpc) is 3.12. The zero-order chi connectivity index (χ0) is 33.7. The Labute approximate surface area is 285 Å². The minimum absolute atomic E-state index is 0.0246. The van der Waals surface area contributed by atoms with E-state index in [1.165, 1.54) is 0 Å². The van der Waals surface area contributed by atoms with Gasteiger partial charge in [0.15, 0.2) is 0 Å². The number of hydrogen-bond acceptors (Lipinski definition) is 10. The molecule has 0 amide bonds. The maximum absolute atomic E-state index is 8.64. The van der Waals surface area contributed by atoms with Gasteiger partial charge < -0.3 is 48.1 Å². The molecule has 0 aromatic heterocycles. The highest BCUT2D eigenvalue weighted by Gasteiger charge is 2.08. The third-order valence-electron chi connectivity index (χ3n) is 6.86. The summed E-state index contributed by atoms with van der Waals surface area (Å²) in [5, 5.41) is 17.3. The van der Waals surface area contributed by atoms with Crippen LogP contribution in [0.25, 0.3) is 18.2 Å². The molecular weight excluding hydrogens is 616 g/mol. The SMILES string of the molecule is OCCOCCOCCOCCOc1ccc(/C=C/c2ccc(/C=C/C3=CCC(OCCOCCOCCOCCO)C=C3)cc2)cc1. The van der Waals surface area contributed by atoms with Gasteiger partial charge in [-0.2, -0.15) is 0 Å². The summed E-state index contributed by atoms with van der Waals surface area (Å²) < 4.78 is 43.7. The van der Waals surface area contributed by atoms with Gasteiger partial charge in [-0.1, -0.05) is 78.9 Å². The molecule has 0 heterocycles. The largest absolute Gasteiger partial charge is 0.491 e. The minimum Gasteiger partial charge on any atom is -0.491 e. The predicted octanol–water partition coefficient (Wildman–Crippen LogP) is 4.60. The fourth-order valence-electron chi connectivity index (χ4n) is 4.33. The third-order valence-corrected chi connectivity index (χ3v) is 6.86. The molecule has 1 aliphatic carbocycles. The molecule has 10 nitrogen and oxygen atoms in total. The van der Waals surface area contributed by atoms with Crippen LogP contribution in [-0.4, -0.2) is 122 Å². The van der Waals surface area contributed by atoms with Crippen LogP contribution in [0.15, 0.2) is 78.4 Å². The van der Waals surface area contributed by atoms with Gasteiger partial charge in [0.2, 0.25) is 0 Å². The summed E-state index contributed by atoms with van der Waals surface area (Å²) in [6.07, 6.45) is 15.7. The Hall–Kier alpha value is -3.16. The first-order chi connectivity index (χ1) is 23.8. The van der Waals surface area contributed by atoms with Crippen LogP contribution in [0.2, 0.25) is 0 Å². The van der Waals surface area contributed by atoms with Gasteiger partial charge in [0, 0.05) is 0 Å². The minimum atomic E-state index is 0.0246. The van der Waals surface area contributed by atoms with Gasteiger partial charge in [-0.3, -0.25) is 0 Å². The molecule has 0 saturated heterocycles. The van der Waals surface area contributed by atoms with E-state index in [9.17, 15) is 0 Å². The van der Waals surface area contributed by atoms with Gasteiger partial charge in [0.05, 0.1) is 105 Å². The van der Waals surface area contributed by atoms with E-state index in [1.807, 2.05) is 24.3 Å². The standard InChI is InChI=1S/C38H52O10/c39-17-19-41-21-23-43-25-27-45-29-31-47-37-13-9-35(10-14-37)7-5-33-1-2-34(4-3-33)6-8-36-11-15-38(16-12-36)48-32-30-46-28-26-44-24-22-42-20-18-40/h1-15,38-40H,16-32H2/b7-5+,8-6+. The van der Waals surface area contributed by atoms with Crippen molar-refractivity contribution < 1.29 is 48.1 Å². The molecule has 0 saturated carbocycles. The van der Waals surface area contributed by atoms with E-state index in [1.54, 1.807) is 0 Å². The molecule has 1 atom stereocenters. The van der Waals surface area contributed by atoms with Gasteiger partial charge in [-0.25, -0.2) is 0 Å². The monoisotopic (exact) mass is 668 g/mol. The highest BCUT2D eigenvalue weighted by Crippen LogP contribution is 2.18. The van der Waals surface area contributed by atoms with Crippen molar-refractivity contribution >= 4 is 18.2 Å². The molecule has 3 rings (SSSR count). The zero-order valence-corrected chi connectivity index (χ0v) is 27.9. The molecule has 10 heteroatoms. The Morgan fingerprint density at radius 3 is 1.38 bits per heavy atom. The van der Waals surface area contributed by atoms with Crippen LogP contribution in [0.5, 0.6) is 5.75 Å². The van der Waals surface area contributed by atoms with E-state index in [0.717, 1.165) is 34.4 Å². The summed E-state index contributed by atoms with van der Waals surface area (Å²) in [6.45, 7) is 6.70. The number of ether oxygens (including phenoxy) is 8. The molecule has 1 unspecified atom stereocenters. The fraction of sp³-hybridized carbons (Fsp3) is 0.474. The predicted molar refractivity (Wildman–Crippen MR) is 187 cm³/mol. The van der Waals surface area contributed by atoms with E-state index in [2.05, 4.69) is 66.8 Å². The van der Waals surface area contributed by atoms with Crippen LogP contribution in [0, 0.1) is 0 Å². The molecule has 2 aromatic carbocycles. The summed E-state index contributed by atoms with van der Waals surface area (Å²) in [4.78, 5) is 0. The highest BCUT2D eigenvalue weighted by atomic mass is 16.6. The van der Waals surface area contributed by atoms with Crippen molar-refractivity contribution in [2.75, 3.05) is 106 Å². The summed E-state index contributed by atoms with van der Waals surface area (Å²) in [7, 11) is 0. The molecule has 2 aromatic rings. The second kappa shape index (κ2) is 26.8. The number of rotatable bonds is 28. The number of aliphatic hydroxyl groups excluding tert-OH is 2. The fourth-order valence-corrected chi connectivity index (χ4v) is 4.33. The lowest BCUT2D eigenvalue weighted by atomic mass is 10.0. The Balaban J connectivity index is 1.23. The van der Waals surface area contributed by atoms with Crippen molar-refractivity contribution in [2.24, 2.45) is 0 Å². The van der Waals surface area contributed by atoms with Crippen molar-refractivity contribution in [3.05, 3.63) is 95.1 Å². The summed E-state index contributed by atoms with van der Waals surface area (Å²) in [5.74, 6) is 0.802. The zero-order valence-electron chi connectivity index (χ0n) is 27.9. The van der Waals surface area contributed by atoms with Gasteiger partial charge in [0.25, 0.3) is 0 Å². The van der Waals surface area contributed by atoms with Crippen LogP contribution in [0.1, 0.15) is 23.1 Å². The first kappa shape index (κ1) is 39.3. The van der Waals surface area contributed by atoms with E-state index in [-0.39, 0.29) is 19.3 Å². The van der Waals surface area contributed by atoms with Crippen LogP contribution in [-0.2, 0) is 33.2 Å². The Morgan fingerprint density at radius 1 is 0.500 bits per heavy atom. The van der Waals surface area contributed by atoms with Gasteiger partial charge in [0.1, 0.15) is 12.4 Å². The molecule has 1 aliphatic rings. The second-order valence-corrected chi connectivity index (χ2v) is 10.6. The molecule has 48 heavy (non-hydrogen) atoms. The smallest absolute Gasteiger partial charge is 0.119 e. The topological polar surface area (TPSA) is 114 Å². The van der Waals surface area contributed by atoms with E-state index < -0.39 is 0 Å². The lowest BCUT2D eigenvalue weighted by molar-refractivity contribution is -0.0124. The summed E-state index contributed by atoms with van der Waals surface area (Å²) >= 11 is 0. The first-order valence-corrected chi connectivity index (χ1v) is 16.6. The Bertz CT molecular complexity index is 1190. The Morgan fingerprint density at radius 2 is 0.917 bits per heavy atom. The summed E-state index contributed by atoms with van der Waals surface area (Å²) in [6, 6.07) is 16.4. The van der Waals surface area contributed by atoms with Crippen LogP contribution in [0.4, 0.5) is 0 Å². The number of aliphatic hydroxyl groups is 2. The molecule has 0 aliphatic heterocycles. The maximum Gasteiger partial charge on any atom is 0.119 e. The summed E-state index contributed by atoms with van der Waals surface area (Å²) in [5.41, 5.74) is 4.53. The van der Waals surface area contributed by atoms with Crippen molar-refractivity contribution in [3.63, 3.8) is 0 Å². The molecule has 0 fully saturated rings. The number of benzene rings is 2. The van der Waals surface area contributed by atoms with Crippen molar-refractivity contribution in [2.45, 2.75) is 12.5 Å². The normalized spacial score (nSPS) is 14.7. The van der Waals surface area contributed by atoms with Gasteiger partial charge in [-0.15, -0.1) is 0 Å². The van der Waals surface area contributed by atoms with Crippen molar-refractivity contribution in [1.29, 1.82) is 0 Å². The number of allylic oxidation sites excluding steroid dienone is 3. The molecule has 0 spiro atoms. The second-order valence-electron chi connectivity index (χ2n) is 10.6.